The smallest absolute Gasteiger partial charge is 0.170 e. The van der Waals surface area contributed by atoms with Crippen LogP contribution in [0.1, 0.15) is 11.3 Å². The molecule has 0 atom stereocenters. The fourth-order valence-electron chi connectivity index (χ4n) is 1.61. The van der Waals surface area contributed by atoms with E-state index < -0.39 is 0 Å². The molecule has 18 heavy (non-hydrogen) atoms. The number of allylic oxidation sites excluding steroid dienone is 5. The molecule has 0 saturated heterocycles. The molecule has 1 aromatic heterocycles. The van der Waals surface area contributed by atoms with E-state index in [-0.39, 0.29) is 11.3 Å². The third-order valence-electron chi connectivity index (χ3n) is 2.40. The van der Waals surface area contributed by atoms with E-state index in [0.29, 0.717) is 11.3 Å². The van der Waals surface area contributed by atoms with Crippen LogP contribution in [0.5, 0.6) is 0 Å². The van der Waals surface area contributed by atoms with Crippen LogP contribution in [0.15, 0.2) is 50.1 Å². The maximum Gasteiger partial charge on any atom is 0.170 e. The molecule has 1 rings (SSSR count). The molecule has 84 valence electrons. The zero-order valence-corrected chi connectivity index (χ0v) is 10.2. The van der Waals surface area contributed by atoms with Gasteiger partial charge in [0.05, 0.1) is 11.4 Å². The second kappa shape index (κ2) is 6.01. The summed E-state index contributed by atoms with van der Waals surface area (Å²) in [4.78, 5) is 8.04. The maximum absolute atomic E-state index is 5.89. The molecule has 0 unspecified atom stereocenters. The first-order chi connectivity index (χ1) is 8.58. The van der Waals surface area contributed by atoms with Crippen LogP contribution in [-0.4, -0.2) is 25.7 Å². The van der Waals surface area contributed by atoms with Crippen molar-refractivity contribution in [2.24, 2.45) is 0 Å². The Balaban J connectivity index is 3.72. The molecule has 0 amide bonds. The largest absolute Gasteiger partial charge is 0.261 e. The Morgan fingerprint density at radius 2 is 1.56 bits per heavy atom. The molecule has 0 aliphatic rings. The quantitative estimate of drug-likeness (QED) is 0.557. The average molecular weight is 230 g/mol. The van der Waals surface area contributed by atoms with Gasteiger partial charge in [0.15, 0.2) is 7.85 Å². The number of rotatable bonds is 5. The normalized spacial score (nSPS) is 9.33. The van der Waals surface area contributed by atoms with Crippen LogP contribution in [-0.2, 0) is 0 Å². The molecular weight excluding hydrogens is 218 g/mol. The van der Waals surface area contributed by atoms with Gasteiger partial charge in [0.25, 0.3) is 0 Å². The summed E-state index contributed by atoms with van der Waals surface area (Å²) >= 11 is 0. The molecule has 0 fully saturated rings. The molecule has 0 saturated carbocycles. The lowest BCUT2D eigenvalue weighted by Crippen LogP contribution is -2.28. The van der Waals surface area contributed by atoms with Crippen molar-refractivity contribution in [2.45, 2.75) is 0 Å². The van der Waals surface area contributed by atoms with E-state index in [4.69, 9.17) is 15.7 Å². The zero-order valence-electron chi connectivity index (χ0n) is 10.2. The van der Waals surface area contributed by atoms with Crippen LogP contribution < -0.4 is 11.3 Å². The second-order valence-electron chi connectivity index (χ2n) is 3.41. The molecular formula is C14H12B2N2. The summed E-state index contributed by atoms with van der Waals surface area (Å²) in [6.07, 6.45) is 6.54. The minimum atomic E-state index is 0.105. The summed E-state index contributed by atoms with van der Waals surface area (Å²) in [7, 11) is 11.4. The Morgan fingerprint density at radius 3 is 2.00 bits per heavy atom. The van der Waals surface area contributed by atoms with Crippen molar-refractivity contribution in [3.05, 3.63) is 61.4 Å². The highest BCUT2D eigenvalue weighted by molar-refractivity contribution is 6.36. The van der Waals surface area contributed by atoms with Crippen LogP contribution in [0.4, 0.5) is 0 Å². The summed E-state index contributed by atoms with van der Waals surface area (Å²) in [6.45, 7) is 14.9. The first-order valence-corrected chi connectivity index (χ1v) is 5.26. The van der Waals surface area contributed by atoms with Crippen molar-refractivity contribution in [1.82, 2.24) is 9.97 Å². The fraction of sp³-hybridized carbons (Fsp3) is 0. The van der Waals surface area contributed by atoms with Gasteiger partial charge in [-0.1, -0.05) is 44.5 Å². The third-order valence-corrected chi connectivity index (χ3v) is 2.40. The van der Waals surface area contributed by atoms with E-state index in [0.717, 1.165) is 11.1 Å². The van der Waals surface area contributed by atoms with E-state index in [9.17, 15) is 0 Å². The SMILES string of the molecule is [B]c1nc([B])c(C(C=C)=C(C=C)C=C)c(C=C)n1. The first-order valence-electron chi connectivity index (χ1n) is 5.26. The van der Waals surface area contributed by atoms with Crippen molar-refractivity contribution in [3.63, 3.8) is 0 Å². The van der Waals surface area contributed by atoms with E-state index in [1.165, 1.54) is 0 Å². The molecule has 1 aromatic rings. The van der Waals surface area contributed by atoms with E-state index in [1.807, 2.05) is 0 Å². The Kier molecular flexibility index (Phi) is 4.66. The van der Waals surface area contributed by atoms with Crippen molar-refractivity contribution >= 4 is 38.7 Å². The van der Waals surface area contributed by atoms with Gasteiger partial charge < -0.3 is 0 Å². The number of hydrogen-bond donors (Lipinski definition) is 0. The number of hydrogen-bond acceptors (Lipinski definition) is 2. The topological polar surface area (TPSA) is 25.8 Å². The Labute approximate surface area is 110 Å². The van der Waals surface area contributed by atoms with Crippen LogP contribution >= 0.6 is 0 Å². The Morgan fingerprint density at radius 1 is 0.944 bits per heavy atom. The minimum absolute atomic E-state index is 0.105. The van der Waals surface area contributed by atoms with Gasteiger partial charge in [-0.15, -0.1) is 0 Å². The molecule has 2 nitrogen and oxygen atoms in total. The molecule has 4 heteroatoms. The lowest BCUT2D eigenvalue weighted by atomic mass is 9.87. The molecule has 0 N–H and O–H groups in total. The first kappa shape index (κ1) is 14.0. The molecule has 0 aliphatic heterocycles. The van der Waals surface area contributed by atoms with Gasteiger partial charge >= 0.3 is 0 Å². The summed E-state index contributed by atoms with van der Waals surface area (Å²) in [5.41, 5.74) is 3.09. The number of aromatic nitrogens is 2. The molecule has 0 spiro atoms. The van der Waals surface area contributed by atoms with Crippen LogP contribution in [0.3, 0.4) is 0 Å². The minimum Gasteiger partial charge on any atom is -0.261 e. The van der Waals surface area contributed by atoms with E-state index in [1.54, 1.807) is 24.3 Å². The lowest BCUT2D eigenvalue weighted by Gasteiger charge is -2.13. The van der Waals surface area contributed by atoms with Gasteiger partial charge in [0, 0.05) is 5.56 Å². The van der Waals surface area contributed by atoms with Crippen molar-refractivity contribution in [3.8, 4) is 0 Å². The van der Waals surface area contributed by atoms with Crippen LogP contribution in [0, 0.1) is 0 Å². The van der Waals surface area contributed by atoms with E-state index >= 15 is 0 Å². The van der Waals surface area contributed by atoms with Crippen LogP contribution in [0.25, 0.3) is 11.6 Å². The van der Waals surface area contributed by atoms with Crippen molar-refractivity contribution in [2.75, 3.05) is 0 Å². The Hall–Kier alpha value is -2.09. The molecule has 4 radical (unpaired) electrons. The zero-order chi connectivity index (χ0) is 13.7. The predicted molar refractivity (Wildman–Crippen MR) is 80.4 cm³/mol. The lowest BCUT2D eigenvalue weighted by molar-refractivity contribution is 1.23. The molecule has 0 aliphatic carbocycles. The predicted octanol–water partition coefficient (Wildman–Crippen LogP) is 1.02. The van der Waals surface area contributed by atoms with Crippen molar-refractivity contribution in [1.29, 1.82) is 0 Å². The summed E-state index contributed by atoms with van der Waals surface area (Å²) in [6, 6.07) is 0. The van der Waals surface area contributed by atoms with Gasteiger partial charge in [-0.25, -0.2) is 4.98 Å². The maximum atomic E-state index is 5.89. The van der Waals surface area contributed by atoms with Crippen molar-refractivity contribution < 1.29 is 0 Å². The second-order valence-corrected chi connectivity index (χ2v) is 3.41. The van der Waals surface area contributed by atoms with Gasteiger partial charge in [-0.3, -0.25) is 4.98 Å². The van der Waals surface area contributed by atoms with Gasteiger partial charge in [0.2, 0.25) is 0 Å². The van der Waals surface area contributed by atoms with Gasteiger partial charge in [-0.2, -0.15) is 0 Å². The summed E-state index contributed by atoms with van der Waals surface area (Å²) in [5.74, 6) is 0. The fourth-order valence-corrected chi connectivity index (χ4v) is 1.61. The highest BCUT2D eigenvalue weighted by atomic mass is 14.9. The highest BCUT2D eigenvalue weighted by Gasteiger charge is 2.11. The third kappa shape index (κ3) is 2.59. The van der Waals surface area contributed by atoms with E-state index in [2.05, 4.69) is 36.3 Å². The molecule has 0 aromatic carbocycles. The standard InChI is InChI=1S/C14H12B2N2/c1-5-9(6-2)10(7-3)12-11(8-4)17-14(16)18-13(12)15/h5-8H,1-4H2. The van der Waals surface area contributed by atoms with Crippen LogP contribution in [0.2, 0.25) is 0 Å². The highest BCUT2D eigenvalue weighted by Crippen LogP contribution is 2.22. The number of nitrogens with zero attached hydrogens (tertiary/aromatic N) is 2. The summed E-state index contributed by atoms with van der Waals surface area (Å²) in [5, 5.41) is 0. The molecule has 0 bridgehead atoms. The summed E-state index contributed by atoms with van der Waals surface area (Å²) < 4.78 is 0. The van der Waals surface area contributed by atoms with Gasteiger partial charge in [-0.05, 0) is 22.8 Å². The Bertz CT molecular complexity index is 547. The average Bonchev–Trinajstić information content (AvgIpc) is 2.36. The monoisotopic (exact) mass is 230 g/mol. The molecule has 1 heterocycles. The van der Waals surface area contributed by atoms with Gasteiger partial charge in [0.1, 0.15) is 7.85 Å².